The van der Waals surface area contributed by atoms with Crippen LogP contribution in [0.3, 0.4) is 0 Å². The van der Waals surface area contributed by atoms with E-state index >= 15 is 0 Å². The van der Waals surface area contributed by atoms with E-state index in [1.165, 1.54) is 0 Å². The van der Waals surface area contributed by atoms with Crippen LogP contribution < -0.4 is 4.90 Å². The predicted octanol–water partition coefficient (Wildman–Crippen LogP) is 1.11. The lowest BCUT2D eigenvalue weighted by atomic mass is 10.0. The number of hydrogen-bond acceptors (Lipinski definition) is 4. The van der Waals surface area contributed by atoms with Gasteiger partial charge >= 0.3 is 5.97 Å². The van der Waals surface area contributed by atoms with E-state index in [0.29, 0.717) is 0 Å². The molecule has 1 aliphatic rings. The summed E-state index contributed by atoms with van der Waals surface area (Å²) in [5.41, 5.74) is 0.803. The van der Waals surface area contributed by atoms with E-state index in [1.807, 2.05) is 30.3 Å². The number of anilines is 1. The Morgan fingerprint density at radius 2 is 1.62 bits per heavy atom. The molecule has 1 aromatic rings. The van der Waals surface area contributed by atoms with Gasteiger partial charge in [0, 0.05) is 12.2 Å². The zero-order valence-electron chi connectivity index (χ0n) is 12.0. The maximum atomic E-state index is 12.3. The zero-order valence-corrected chi connectivity index (χ0v) is 12.0. The standard InChI is InChI=1S/C15H18N2O4/c1-10-14(20)16(9-8-13(18)19)15(21)11(2)17(10)12-6-4-3-5-7-12/h3-7,10-11H,8-9H2,1-2H3,(H,18,19). The molecule has 0 saturated carbocycles. The van der Waals surface area contributed by atoms with Crippen molar-refractivity contribution in [3.8, 4) is 0 Å². The molecular weight excluding hydrogens is 272 g/mol. The van der Waals surface area contributed by atoms with Crippen LogP contribution in [0.25, 0.3) is 0 Å². The molecule has 6 heteroatoms. The number of piperazine rings is 1. The van der Waals surface area contributed by atoms with E-state index in [0.717, 1.165) is 10.6 Å². The first-order valence-electron chi connectivity index (χ1n) is 6.84. The topological polar surface area (TPSA) is 77.9 Å². The second-order valence-electron chi connectivity index (χ2n) is 5.07. The van der Waals surface area contributed by atoms with Crippen molar-refractivity contribution in [2.75, 3.05) is 11.4 Å². The fraction of sp³-hybridized carbons (Fsp3) is 0.400. The number of carboxylic acids is 1. The Kier molecular flexibility index (Phi) is 4.26. The Morgan fingerprint density at radius 1 is 1.10 bits per heavy atom. The van der Waals surface area contributed by atoms with Crippen molar-refractivity contribution in [2.24, 2.45) is 0 Å². The van der Waals surface area contributed by atoms with E-state index in [2.05, 4.69) is 0 Å². The van der Waals surface area contributed by atoms with Gasteiger partial charge in [0.2, 0.25) is 0 Å². The van der Waals surface area contributed by atoms with E-state index in [1.54, 1.807) is 18.7 Å². The first-order chi connectivity index (χ1) is 9.93. The number of carbonyl (C=O) groups is 3. The summed E-state index contributed by atoms with van der Waals surface area (Å²) in [5.74, 6) is -1.74. The fourth-order valence-electron chi connectivity index (χ4n) is 2.61. The molecule has 1 saturated heterocycles. The molecule has 0 aromatic heterocycles. The third-order valence-electron chi connectivity index (χ3n) is 3.68. The molecule has 21 heavy (non-hydrogen) atoms. The van der Waals surface area contributed by atoms with Crippen molar-refractivity contribution in [1.82, 2.24) is 4.90 Å². The van der Waals surface area contributed by atoms with Gasteiger partial charge in [-0.05, 0) is 26.0 Å². The van der Waals surface area contributed by atoms with Crippen LogP contribution in [0.2, 0.25) is 0 Å². The van der Waals surface area contributed by atoms with Gasteiger partial charge in [-0.2, -0.15) is 0 Å². The van der Waals surface area contributed by atoms with E-state index in [9.17, 15) is 14.4 Å². The summed E-state index contributed by atoms with van der Waals surface area (Å²) in [5, 5.41) is 8.72. The van der Waals surface area contributed by atoms with Crippen molar-refractivity contribution < 1.29 is 19.5 Å². The number of aliphatic carboxylic acids is 1. The van der Waals surface area contributed by atoms with Crippen molar-refractivity contribution in [1.29, 1.82) is 0 Å². The zero-order chi connectivity index (χ0) is 15.6. The summed E-state index contributed by atoms with van der Waals surface area (Å²) >= 11 is 0. The first-order valence-corrected chi connectivity index (χ1v) is 6.84. The Balaban J connectivity index is 2.25. The lowest BCUT2D eigenvalue weighted by Crippen LogP contribution is -2.63. The van der Waals surface area contributed by atoms with Crippen LogP contribution >= 0.6 is 0 Å². The van der Waals surface area contributed by atoms with Crippen LogP contribution in [0.5, 0.6) is 0 Å². The summed E-state index contributed by atoms with van der Waals surface area (Å²) in [6, 6.07) is 8.25. The molecule has 2 atom stereocenters. The molecule has 6 nitrogen and oxygen atoms in total. The van der Waals surface area contributed by atoms with Crippen molar-refractivity contribution >= 4 is 23.5 Å². The molecule has 1 heterocycles. The Hall–Kier alpha value is -2.37. The minimum Gasteiger partial charge on any atom is -0.481 e. The minimum absolute atomic E-state index is 0.0791. The molecule has 0 bridgehead atoms. The number of carboxylic acid groups (broad SMARTS) is 1. The van der Waals surface area contributed by atoms with Gasteiger partial charge in [0.15, 0.2) is 0 Å². The molecule has 1 fully saturated rings. The summed E-state index contributed by atoms with van der Waals surface area (Å²) in [4.78, 5) is 38.2. The van der Waals surface area contributed by atoms with Crippen LogP contribution in [0.15, 0.2) is 30.3 Å². The number of imide groups is 1. The Labute approximate surface area is 123 Å². The van der Waals surface area contributed by atoms with Gasteiger partial charge in [-0.3, -0.25) is 19.3 Å². The van der Waals surface area contributed by atoms with Crippen LogP contribution in [0.1, 0.15) is 20.3 Å². The van der Waals surface area contributed by atoms with Crippen LogP contribution in [-0.4, -0.2) is 46.4 Å². The molecule has 112 valence electrons. The molecule has 1 N–H and O–H groups in total. The van der Waals surface area contributed by atoms with Gasteiger partial charge in [-0.1, -0.05) is 18.2 Å². The smallest absolute Gasteiger partial charge is 0.305 e. The van der Waals surface area contributed by atoms with Gasteiger partial charge < -0.3 is 10.0 Å². The second kappa shape index (κ2) is 5.95. The average molecular weight is 290 g/mol. The van der Waals surface area contributed by atoms with E-state index < -0.39 is 18.1 Å². The molecule has 2 unspecified atom stereocenters. The van der Waals surface area contributed by atoms with Gasteiger partial charge in [0.1, 0.15) is 12.1 Å². The van der Waals surface area contributed by atoms with Crippen LogP contribution in [0.4, 0.5) is 5.69 Å². The molecule has 1 aliphatic heterocycles. The van der Waals surface area contributed by atoms with Crippen molar-refractivity contribution in [2.45, 2.75) is 32.4 Å². The van der Waals surface area contributed by atoms with Crippen LogP contribution in [0, 0.1) is 0 Å². The number of amides is 2. The fourth-order valence-corrected chi connectivity index (χ4v) is 2.61. The molecule has 1 aromatic carbocycles. The number of rotatable bonds is 4. The third-order valence-corrected chi connectivity index (χ3v) is 3.68. The van der Waals surface area contributed by atoms with Gasteiger partial charge in [0.05, 0.1) is 6.42 Å². The number of carbonyl (C=O) groups excluding carboxylic acids is 2. The van der Waals surface area contributed by atoms with E-state index in [4.69, 9.17) is 5.11 Å². The summed E-state index contributed by atoms with van der Waals surface area (Å²) in [7, 11) is 0. The number of benzene rings is 1. The van der Waals surface area contributed by atoms with E-state index in [-0.39, 0.29) is 24.8 Å². The lowest BCUT2D eigenvalue weighted by molar-refractivity contribution is -0.150. The third kappa shape index (κ3) is 2.89. The summed E-state index contributed by atoms with van der Waals surface area (Å²) in [6.07, 6.45) is -0.234. The molecule has 2 rings (SSSR count). The highest BCUT2D eigenvalue weighted by Gasteiger charge is 2.42. The molecule has 2 amide bonds. The predicted molar refractivity (Wildman–Crippen MR) is 76.8 cm³/mol. The minimum atomic E-state index is -1.03. The largest absolute Gasteiger partial charge is 0.481 e. The quantitative estimate of drug-likeness (QED) is 0.841. The second-order valence-corrected chi connectivity index (χ2v) is 5.07. The highest BCUT2D eigenvalue weighted by atomic mass is 16.4. The maximum Gasteiger partial charge on any atom is 0.305 e. The lowest BCUT2D eigenvalue weighted by Gasteiger charge is -2.43. The highest BCUT2D eigenvalue weighted by Crippen LogP contribution is 2.25. The van der Waals surface area contributed by atoms with Gasteiger partial charge in [-0.25, -0.2) is 0 Å². The van der Waals surface area contributed by atoms with Crippen molar-refractivity contribution in [3.05, 3.63) is 30.3 Å². The Morgan fingerprint density at radius 3 is 2.10 bits per heavy atom. The normalized spacial score (nSPS) is 22.6. The molecule has 0 radical (unpaired) electrons. The van der Waals surface area contributed by atoms with Crippen LogP contribution in [-0.2, 0) is 14.4 Å². The van der Waals surface area contributed by atoms with Crippen molar-refractivity contribution in [3.63, 3.8) is 0 Å². The summed E-state index contributed by atoms with van der Waals surface area (Å²) in [6.45, 7) is 3.38. The SMILES string of the molecule is CC1C(=O)N(CCC(=O)O)C(=O)C(C)N1c1ccccc1. The van der Waals surface area contributed by atoms with Gasteiger partial charge in [0.25, 0.3) is 11.8 Å². The maximum absolute atomic E-state index is 12.3. The molecule has 0 spiro atoms. The number of hydrogen-bond donors (Lipinski definition) is 1. The average Bonchev–Trinajstić information content (AvgIpc) is 2.46. The monoisotopic (exact) mass is 290 g/mol. The number of para-hydroxylation sites is 1. The summed E-state index contributed by atoms with van der Waals surface area (Å²) < 4.78 is 0. The molecular formula is C15H18N2O4. The van der Waals surface area contributed by atoms with Gasteiger partial charge in [-0.15, -0.1) is 0 Å². The highest BCUT2D eigenvalue weighted by molar-refractivity contribution is 6.06. The molecule has 0 aliphatic carbocycles. The number of nitrogens with zero attached hydrogens (tertiary/aromatic N) is 2. The Bertz CT molecular complexity index is 536. The first kappa shape index (κ1) is 15.0.